The summed E-state index contributed by atoms with van der Waals surface area (Å²) in [5, 5.41) is 5.92. The first-order valence-corrected chi connectivity index (χ1v) is 6.38. The van der Waals surface area contributed by atoms with Crippen LogP contribution in [0.15, 0.2) is 15.3 Å². The fraction of sp³-hybridized carbons (Fsp3) is 0.167. The highest BCUT2D eigenvalue weighted by molar-refractivity contribution is 7.96. The predicted molar refractivity (Wildman–Crippen MR) is 59.8 cm³/mol. The third-order valence-electron chi connectivity index (χ3n) is 1.98. The molecule has 1 unspecified atom stereocenters. The molecule has 1 aliphatic heterocycles. The molecule has 3 heterocycles. The van der Waals surface area contributed by atoms with Crippen molar-refractivity contribution >= 4 is 41.4 Å². The smallest absolute Gasteiger partial charge is 0.175 e. The van der Waals surface area contributed by atoms with Crippen molar-refractivity contribution < 1.29 is 0 Å². The van der Waals surface area contributed by atoms with Gasteiger partial charge in [0.25, 0.3) is 0 Å². The Kier molecular flexibility index (Phi) is 2.24. The molecule has 6 nitrogen and oxygen atoms in total. The lowest BCUT2D eigenvalue weighted by Crippen LogP contribution is -2.39. The standard InChI is InChI=1S/C6H4N6S3/c1-4(9-12-13-1)6(2-8-15-11-6)5-7-3-14-10-5/h1-3,11H. The number of hydrogen-bond donors (Lipinski definition) is 1. The third-order valence-corrected chi connectivity index (χ3v) is 3.59. The van der Waals surface area contributed by atoms with E-state index in [0.29, 0.717) is 5.82 Å². The van der Waals surface area contributed by atoms with Crippen LogP contribution >= 0.6 is 35.2 Å². The maximum atomic E-state index is 4.23. The van der Waals surface area contributed by atoms with E-state index >= 15 is 0 Å². The van der Waals surface area contributed by atoms with Crippen LogP contribution in [0.25, 0.3) is 0 Å². The van der Waals surface area contributed by atoms with Gasteiger partial charge in [-0.1, -0.05) is 4.49 Å². The van der Waals surface area contributed by atoms with Crippen LogP contribution in [-0.4, -0.2) is 25.2 Å². The van der Waals surface area contributed by atoms with E-state index in [1.54, 1.807) is 11.7 Å². The molecule has 9 heteroatoms. The van der Waals surface area contributed by atoms with Crippen LogP contribution in [-0.2, 0) is 5.54 Å². The second-order valence-corrected chi connectivity index (χ2v) is 4.59. The number of hydrogen-bond acceptors (Lipinski definition) is 9. The van der Waals surface area contributed by atoms with E-state index in [-0.39, 0.29) is 0 Å². The Hall–Kier alpha value is -0.900. The highest BCUT2D eigenvalue weighted by atomic mass is 32.2. The van der Waals surface area contributed by atoms with Crippen LogP contribution in [0.3, 0.4) is 0 Å². The third kappa shape index (κ3) is 1.39. The molecule has 2 aromatic rings. The van der Waals surface area contributed by atoms with Gasteiger partial charge in [0.05, 0.1) is 12.1 Å². The Balaban J connectivity index is 2.15. The summed E-state index contributed by atoms with van der Waals surface area (Å²) in [4.78, 5) is 4.20. The highest BCUT2D eigenvalue weighted by Gasteiger charge is 2.41. The van der Waals surface area contributed by atoms with E-state index in [4.69, 9.17) is 0 Å². The summed E-state index contributed by atoms with van der Waals surface area (Å²) in [5.74, 6) is 0.661. The molecule has 0 aliphatic carbocycles. The van der Waals surface area contributed by atoms with E-state index in [2.05, 4.69) is 28.1 Å². The van der Waals surface area contributed by atoms with Crippen LogP contribution in [0.5, 0.6) is 0 Å². The van der Waals surface area contributed by atoms with Gasteiger partial charge in [-0.2, -0.15) is 4.37 Å². The fourth-order valence-electron chi connectivity index (χ4n) is 1.25. The first-order valence-electron chi connectivity index (χ1n) is 3.94. The zero-order valence-electron chi connectivity index (χ0n) is 7.19. The molecule has 76 valence electrons. The van der Waals surface area contributed by atoms with Crippen LogP contribution in [0, 0.1) is 0 Å². The molecule has 15 heavy (non-hydrogen) atoms. The van der Waals surface area contributed by atoms with Crippen molar-refractivity contribution in [2.75, 3.05) is 0 Å². The molecule has 0 fully saturated rings. The van der Waals surface area contributed by atoms with Crippen molar-refractivity contribution in [3.05, 3.63) is 22.4 Å². The fourth-order valence-corrected chi connectivity index (χ4v) is 2.90. The Morgan fingerprint density at radius 1 is 1.33 bits per heavy atom. The molecule has 1 N–H and O–H groups in total. The molecule has 0 aromatic carbocycles. The maximum Gasteiger partial charge on any atom is 0.175 e. The lowest BCUT2D eigenvalue weighted by molar-refractivity contribution is 0.630. The van der Waals surface area contributed by atoms with Gasteiger partial charge in [-0.15, -0.1) is 5.10 Å². The van der Waals surface area contributed by atoms with Crippen molar-refractivity contribution in [3.63, 3.8) is 0 Å². The molecule has 1 aliphatic rings. The zero-order valence-corrected chi connectivity index (χ0v) is 9.64. The highest BCUT2D eigenvalue weighted by Crippen LogP contribution is 2.31. The lowest BCUT2D eigenvalue weighted by atomic mass is 9.98. The summed E-state index contributed by atoms with van der Waals surface area (Å²) < 4.78 is 15.3. The van der Waals surface area contributed by atoms with Gasteiger partial charge < -0.3 is 0 Å². The Morgan fingerprint density at radius 2 is 2.33 bits per heavy atom. The minimum absolute atomic E-state index is 0.613. The van der Waals surface area contributed by atoms with Gasteiger partial charge in [0, 0.05) is 11.6 Å². The normalized spacial score (nSPS) is 24.8. The van der Waals surface area contributed by atoms with Crippen molar-refractivity contribution in [2.24, 2.45) is 4.40 Å². The van der Waals surface area contributed by atoms with Gasteiger partial charge in [-0.25, -0.2) is 14.1 Å². The first kappa shape index (κ1) is 9.33. The summed E-state index contributed by atoms with van der Waals surface area (Å²) in [7, 11) is 0. The second-order valence-electron chi connectivity index (χ2n) is 2.78. The minimum atomic E-state index is -0.613. The van der Waals surface area contributed by atoms with Gasteiger partial charge in [-0.05, 0) is 23.1 Å². The molecule has 0 amide bonds. The molecule has 0 bridgehead atoms. The Labute approximate surface area is 97.5 Å². The number of nitrogens with zero attached hydrogens (tertiary/aromatic N) is 5. The average molecular weight is 256 g/mol. The molecule has 0 saturated carbocycles. The molecule has 0 radical (unpaired) electrons. The molecule has 3 rings (SSSR count). The first-order chi connectivity index (χ1) is 7.42. The molecule has 2 aromatic heterocycles. The van der Waals surface area contributed by atoms with Gasteiger partial charge in [0.2, 0.25) is 0 Å². The molecular formula is C6H4N6S3. The monoisotopic (exact) mass is 256 g/mol. The van der Waals surface area contributed by atoms with E-state index in [0.717, 1.165) is 5.69 Å². The summed E-state index contributed by atoms with van der Waals surface area (Å²) in [6.07, 6.45) is 1.76. The number of rotatable bonds is 2. The van der Waals surface area contributed by atoms with Crippen LogP contribution in [0.2, 0.25) is 0 Å². The van der Waals surface area contributed by atoms with Gasteiger partial charge in [0.15, 0.2) is 11.4 Å². The average Bonchev–Trinajstić information content (AvgIpc) is 3.02. The number of aromatic nitrogens is 4. The van der Waals surface area contributed by atoms with Crippen LogP contribution < -0.4 is 4.72 Å². The molecule has 0 spiro atoms. The second kappa shape index (κ2) is 3.59. The summed E-state index contributed by atoms with van der Waals surface area (Å²) in [6.45, 7) is 0. The zero-order chi connectivity index (χ0) is 10.1. The summed E-state index contributed by atoms with van der Waals surface area (Å²) in [6, 6.07) is 0. The molecular weight excluding hydrogens is 252 g/mol. The topological polar surface area (TPSA) is 76.0 Å². The molecule has 0 saturated heterocycles. The molecule has 1 atom stereocenters. The van der Waals surface area contributed by atoms with Crippen molar-refractivity contribution in [2.45, 2.75) is 5.54 Å². The quantitative estimate of drug-likeness (QED) is 0.804. The van der Waals surface area contributed by atoms with E-state index < -0.39 is 5.54 Å². The van der Waals surface area contributed by atoms with E-state index in [1.165, 1.54) is 35.2 Å². The number of nitrogens with one attached hydrogen (secondary N) is 1. The van der Waals surface area contributed by atoms with Gasteiger partial charge in [-0.3, -0.25) is 0 Å². The van der Waals surface area contributed by atoms with Crippen molar-refractivity contribution in [1.29, 1.82) is 0 Å². The largest absolute Gasteiger partial charge is 0.225 e. The van der Waals surface area contributed by atoms with Crippen molar-refractivity contribution in [3.8, 4) is 0 Å². The van der Waals surface area contributed by atoms with Gasteiger partial charge >= 0.3 is 0 Å². The van der Waals surface area contributed by atoms with Crippen LogP contribution in [0.1, 0.15) is 11.5 Å². The Morgan fingerprint density at radius 3 is 2.93 bits per heavy atom. The summed E-state index contributed by atoms with van der Waals surface area (Å²) in [5.41, 5.74) is 1.85. The summed E-state index contributed by atoms with van der Waals surface area (Å²) >= 11 is 3.86. The van der Waals surface area contributed by atoms with E-state index in [1.807, 2.05) is 5.38 Å². The minimum Gasteiger partial charge on any atom is -0.225 e. The maximum absolute atomic E-state index is 4.23. The lowest BCUT2D eigenvalue weighted by Gasteiger charge is -2.18. The SMILES string of the molecule is C1=NSNC1(c1csnn1)c1ncsn1. The van der Waals surface area contributed by atoms with E-state index in [9.17, 15) is 0 Å². The van der Waals surface area contributed by atoms with Crippen LogP contribution in [0.4, 0.5) is 0 Å². The van der Waals surface area contributed by atoms with Crippen molar-refractivity contribution in [1.82, 2.24) is 23.7 Å². The van der Waals surface area contributed by atoms with Gasteiger partial charge in [0.1, 0.15) is 11.2 Å². The predicted octanol–water partition coefficient (Wildman–Crippen LogP) is 0.870. The Bertz CT molecular complexity index is 429.